The summed E-state index contributed by atoms with van der Waals surface area (Å²) in [6.45, 7) is 4.11. The minimum Gasteiger partial charge on any atom is -0.336 e. The first-order chi connectivity index (χ1) is 9.70. The van der Waals surface area contributed by atoms with Crippen molar-refractivity contribution < 1.29 is 0 Å². The quantitative estimate of drug-likeness (QED) is 0.730. The molecule has 0 aliphatic rings. The summed E-state index contributed by atoms with van der Waals surface area (Å²) in [5.41, 5.74) is 4.37. The van der Waals surface area contributed by atoms with Gasteiger partial charge < -0.3 is 4.57 Å². The second-order valence-electron chi connectivity index (χ2n) is 5.06. The molecule has 102 valence electrons. The van der Waals surface area contributed by atoms with Crippen molar-refractivity contribution >= 4 is 11.0 Å². The fraction of sp³-hybridized carbons (Fsp3) is 0.312. The van der Waals surface area contributed by atoms with Crippen LogP contribution in [0.3, 0.4) is 0 Å². The highest BCUT2D eigenvalue weighted by molar-refractivity contribution is 5.92. The molecule has 20 heavy (non-hydrogen) atoms. The molecule has 3 aromatic rings. The zero-order chi connectivity index (χ0) is 14.1. The number of aromatic nitrogens is 4. The molecule has 0 radical (unpaired) electrons. The molecule has 0 fully saturated rings. The standard InChI is InChI=1S/C16H18N4/c1-4-5-12-10-18-11(2)19-15(12)13-6-8-17-16-14(13)7-9-20(16)3/h6-10H,4-5H2,1-3H3. The maximum atomic E-state index is 4.67. The van der Waals surface area contributed by atoms with Gasteiger partial charge in [-0.1, -0.05) is 13.3 Å². The molecule has 0 aliphatic carbocycles. The van der Waals surface area contributed by atoms with Crippen molar-refractivity contribution in [3.63, 3.8) is 0 Å². The van der Waals surface area contributed by atoms with Gasteiger partial charge >= 0.3 is 0 Å². The van der Waals surface area contributed by atoms with Crippen LogP contribution in [-0.4, -0.2) is 19.5 Å². The maximum absolute atomic E-state index is 4.67. The van der Waals surface area contributed by atoms with Crippen LogP contribution in [0.15, 0.2) is 30.7 Å². The molecule has 0 aliphatic heterocycles. The van der Waals surface area contributed by atoms with Crippen LogP contribution in [0.5, 0.6) is 0 Å². The van der Waals surface area contributed by atoms with E-state index >= 15 is 0 Å². The Morgan fingerprint density at radius 2 is 2.05 bits per heavy atom. The van der Waals surface area contributed by atoms with E-state index in [1.807, 2.05) is 43.2 Å². The van der Waals surface area contributed by atoms with E-state index in [1.54, 1.807) is 0 Å². The minimum atomic E-state index is 0.806. The summed E-state index contributed by atoms with van der Waals surface area (Å²) in [6.07, 6.45) is 7.92. The predicted octanol–water partition coefficient (Wildman–Crippen LogP) is 3.29. The number of pyridine rings is 1. The van der Waals surface area contributed by atoms with Gasteiger partial charge in [0.05, 0.1) is 5.69 Å². The van der Waals surface area contributed by atoms with Crippen LogP contribution in [0.25, 0.3) is 22.3 Å². The number of hydrogen-bond acceptors (Lipinski definition) is 3. The predicted molar refractivity (Wildman–Crippen MR) is 80.5 cm³/mol. The third kappa shape index (κ3) is 2.07. The molecule has 4 heteroatoms. The summed E-state index contributed by atoms with van der Waals surface area (Å²) in [7, 11) is 2.01. The van der Waals surface area contributed by atoms with Gasteiger partial charge in [0.1, 0.15) is 11.5 Å². The molecular formula is C16H18N4. The summed E-state index contributed by atoms with van der Waals surface area (Å²) in [6, 6.07) is 4.15. The van der Waals surface area contributed by atoms with Crippen LogP contribution in [0.4, 0.5) is 0 Å². The molecule has 0 unspecified atom stereocenters. The molecule has 0 spiro atoms. The van der Waals surface area contributed by atoms with E-state index in [4.69, 9.17) is 0 Å². The molecule has 0 saturated carbocycles. The first-order valence-corrected chi connectivity index (χ1v) is 6.93. The highest BCUT2D eigenvalue weighted by atomic mass is 15.0. The summed E-state index contributed by atoms with van der Waals surface area (Å²) in [5, 5.41) is 1.14. The SMILES string of the molecule is CCCc1cnc(C)nc1-c1ccnc2c1ccn2C. The third-order valence-corrected chi connectivity index (χ3v) is 3.53. The van der Waals surface area contributed by atoms with Gasteiger partial charge in [-0.05, 0) is 31.0 Å². The molecular weight excluding hydrogens is 248 g/mol. The molecule has 0 saturated heterocycles. The molecule has 3 aromatic heterocycles. The fourth-order valence-corrected chi connectivity index (χ4v) is 2.55. The zero-order valence-electron chi connectivity index (χ0n) is 12.1. The van der Waals surface area contributed by atoms with Crippen LogP contribution in [0, 0.1) is 6.92 Å². The van der Waals surface area contributed by atoms with E-state index in [9.17, 15) is 0 Å². The summed E-state index contributed by atoms with van der Waals surface area (Å²) in [5.74, 6) is 0.806. The summed E-state index contributed by atoms with van der Waals surface area (Å²) < 4.78 is 2.03. The average Bonchev–Trinajstić information content (AvgIpc) is 2.83. The van der Waals surface area contributed by atoms with Crippen molar-refractivity contribution in [1.29, 1.82) is 0 Å². The fourth-order valence-electron chi connectivity index (χ4n) is 2.55. The van der Waals surface area contributed by atoms with Crippen molar-refractivity contribution in [3.05, 3.63) is 42.1 Å². The van der Waals surface area contributed by atoms with Crippen molar-refractivity contribution in [2.45, 2.75) is 26.7 Å². The van der Waals surface area contributed by atoms with Gasteiger partial charge in [-0.2, -0.15) is 0 Å². The van der Waals surface area contributed by atoms with Crippen molar-refractivity contribution in [1.82, 2.24) is 19.5 Å². The van der Waals surface area contributed by atoms with Gasteiger partial charge in [-0.15, -0.1) is 0 Å². The van der Waals surface area contributed by atoms with Gasteiger partial charge in [-0.3, -0.25) is 0 Å². The average molecular weight is 266 g/mol. The second kappa shape index (κ2) is 5.04. The minimum absolute atomic E-state index is 0.806. The van der Waals surface area contributed by atoms with E-state index in [0.29, 0.717) is 0 Å². The number of hydrogen-bond donors (Lipinski definition) is 0. The lowest BCUT2D eigenvalue weighted by Gasteiger charge is -2.09. The number of nitrogens with zero attached hydrogens (tertiary/aromatic N) is 4. The Balaban J connectivity index is 2.27. The number of rotatable bonds is 3. The van der Waals surface area contributed by atoms with E-state index in [2.05, 4.69) is 27.9 Å². The normalized spacial score (nSPS) is 11.2. The molecule has 0 amide bonds. The third-order valence-electron chi connectivity index (χ3n) is 3.53. The van der Waals surface area contributed by atoms with Gasteiger partial charge in [0.15, 0.2) is 0 Å². The van der Waals surface area contributed by atoms with E-state index in [0.717, 1.165) is 41.0 Å². The Bertz CT molecular complexity index is 758. The van der Waals surface area contributed by atoms with Crippen LogP contribution in [-0.2, 0) is 13.5 Å². The monoisotopic (exact) mass is 266 g/mol. The van der Waals surface area contributed by atoms with Gasteiger partial charge in [-0.25, -0.2) is 15.0 Å². The lowest BCUT2D eigenvalue weighted by molar-refractivity contribution is 0.894. The van der Waals surface area contributed by atoms with Crippen LogP contribution >= 0.6 is 0 Å². The van der Waals surface area contributed by atoms with Crippen LogP contribution < -0.4 is 0 Å². The molecule has 0 atom stereocenters. The number of fused-ring (bicyclic) bond motifs is 1. The smallest absolute Gasteiger partial charge is 0.140 e. The van der Waals surface area contributed by atoms with Crippen LogP contribution in [0.1, 0.15) is 24.7 Å². The lowest BCUT2D eigenvalue weighted by Crippen LogP contribution is -1.99. The molecule has 4 nitrogen and oxygen atoms in total. The molecule has 0 N–H and O–H groups in total. The lowest BCUT2D eigenvalue weighted by atomic mass is 10.0. The number of aryl methyl sites for hydroxylation is 3. The Hall–Kier alpha value is -2.23. The molecule has 3 heterocycles. The second-order valence-corrected chi connectivity index (χ2v) is 5.06. The highest BCUT2D eigenvalue weighted by Gasteiger charge is 2.12. The van der Waals surface area contributed by atoms with Crippen molar-refractivity contribution in [3.8, 4) is 11.3 Å². The Morgan fingerprint density at radius 1 is 1.20 bits per heavy atom. The first-order valence-electron chi connectivity index (χ1n) is 6.93. The van der Waals surface area contributed by atoms with Crippen LogP contribution in [0.2, 0.25) is 0 Å². The Kier molecular flexibility index (Phi) is 3.22. The zero-order valence-corrected chi connectivity index (χ0v) is 12.1. The molecule has 0 bridgehead atoms. The van der Waals surface area contributed by atoms with Crippen molar-refractivity contribution in [2.75, 3.05) is 0 Å². The summed E-state index contributed by atoms with van der Waals surface area (Å²) in [4.78, 5) is 13.5. The molecule has 3 rings (SSSR count). The largest absolute Gasteiger partial charge is 0.336 e. The topological polar surface area (TPSA) is 43.6 Å². The molecule has 0 aromatic carbocycles. The van der Waals surface area contributed by atoms with Gasteiger partial charge in [0.2, 0.25) is 0 Å². The maximum Gasteiger partial charge on any atom is 0.140 e. The van der Waals surface area contributed by atoms with Gasteiger partial charge in [0, 0.05) is 36.6 Å². The van der Waals surface area contributed by atoms with E-state index < -0.39 is 0 Å². The Labute approximate surface area is 118 Å². The van der Waals surface area contributed by atoms with E-state index in [1.165, 1.54) is 5.56 Å². The highest BCUT2D eigenvalue weighted by Crippen LogP contribution is 2.29. The van der Waals surface area contributed by atoms with Crippen molar-refractivity contribution in [2.24, 2.45) is 7.05 Å². The summed E-state index contributed by atoms with van der Waals surface area (Å²) >= 11 is 0. The Morgan fingerprint density at radius 3 is 2.85 bits per heavy atom. The van der Waals surface area contributed by atoms with E-state index in [-0.39, 0.29) is 0 Å². The van der Waals surface area contributed by atoms with Gasteiger partial charge in [0.25, 0.3) is 0 Å². The first kappa shape index (κ1) is 12.8.